The molecule has 1 fully saturated rings. The van der Waals surface area contributed by atoms with Gasteiger partial charge >= 0.3 is 0 Å². The SMILES string of the molecule is Cc1ccc(-c2ccc(F)cc2)c(C)c1N1C(=O)C=C(O)C12CCOCC2. The third-order valence-corrected chi connectivity index (χ3v) is 5.72. The largest absolute Gasteiger partial charge is 0.510 e. The number of amides is 1. The van der Waals surface area contributed by atoms with Gasteiger partial charge in [-0.2, -0.15) is 0 Å². The van der Waals surface area contributed by atoms with E-state index in [1.54, 1.807) is 17.0 Å². The van der Waals surface area contributed by atoms with Crippen molar-refractivity contribution in [3.8, 4) is 11.1 Å². The lowest BCUT2D eigenvalue weighted by molar-refractivity contribution is -0.114. The Morgan fingerprint density at radius 2 is 1.74 bits per heavy atom. The van der Waals surface area contributed by atoms with E-state index in [9.17, 15) is 14.3 Å². The number of aliphatic hydroxyl groups is 1. The van der Waals surface area contributed by atoms with Gasteiger partial charge in [-0.05, 0) is 48.2 Å². The lowest BCUT2D eigenvalue weighted by Crippen LogP contribution is -2.52. The van der Waals surface area contributed by atoms with Crippen molar-refractivity contribution in [1.29, 1.82) is 0 Å². The smallest absolute Gasteiger partial charge is 0.255 e. The Morgan fingerprint density at radius 1 is 1.07 bits per heavy atom. The summed E-state index contributed by atoms with van der Waals surface area (Å²) in [5.74, 6) is -0.382. The predicted octanol–water partition coefficient (Wildman–Crippen LogP) is 4.45. The minimum Gasteiger partial charge on any atom is -0.510 e. The molecule has 2 aromatic carbocycles. The summed E-state index contributed by atoms with van der Waals surface area (Å²) in [5.41, 5.74) is 3.79. The molecule has 5 heteroatoms. The van der Waals surface area contributed by atoms with Crippen molar-refractivity contribution in [2.75, 3.05) is 18.1 Å². The second kappa shape index (κ2) is 6.50. The van der Waals surface area contributed by atoms with Gasteiger partial charge in [-0.3, -0.25) is 9.69 Å². The third kappa shape index (κ3) is 2.73. The van der Waals surface area contributed by atoms with E-state index in [4.69, 9.17) is 4.74 Å². The zero-order chi connectivity index (χ0) is 19.2. The highest BCUT2D eigenvalue weighted by molar-refractivity contribution is 6.08. The molecule has 0 radical (unpaired) electrons. The Hall–Kier alpha value is -2.66. The Balaban J connectivity index is 1.87. The second-order valence-corrected chi connectivity index (χ2v) is 7.26. The van der Waals surface area contributed by atoms with Gasteiger partial charge < -0.3 is 9.84 Å². The normalized spacial score (nSPS) is 18.9. The minimum atomic E-state index is -0.744. The van der Waals surface area contributed by atoms with Crippen LogP contribution in [-0.2, 0) is 9.53 Å². The molecule has 2 heterocycles. The summed E-state index contributed by atoms with van der Waals surface area (Å²) in [5, 5.41) is 10.6. The molecule has 4 nitrogen and oxygen atoms in total. The van der Waals surface area contributed by atoms with E-state index < -0.39 is 5.54 Å². The summed E-state index contributed by atoms with van der Waals surface area (Å²) in [7, 11) is 0. The Kier molecular flexibility index (Phi) is 4.27. The first-order valence-corrected chi connectivity index (χ1v) is 9.13. The van der Waals surface area contributed by atoms with Crippen LogP contribution in [-0.4, -0.2) is 29.8 Å². The molecule has 1 spiro atoms. The second-order valence-electron chi connectivity index (χ2n) is 7.26. The fourth-order valence-corrected chi connectivity index (χ4v) is 4.28. The molecule has 0 bridgehead atoms. The van der Waals surface area contributed by atoms with E-state index in [0.29, 0.717) is 26.1 Å². The molecular formula is C22H22FNO3. The molecule has 2 aromatic rings. The van der Waals surface area contributed by atoms with Gasteiger partial charge in [0.05, 0.1) is 5.69 Å². The Labute approximate surface area is 157 Å². The number of hydrogen-bond acceptors (Lipinski definition) is 3. The molecule has 2 aliphatic rings. The highest BCUT2D eigenvalue weighted by Gasteiger charge is 2.50. The van der Waals surface area contributed by atoms with Crippen LogP contribution in [0.3, 0.4) is 0 Å². The number of ether oxygens (including phenoxy) is 1. The molecule has 2 aliphatic heterocycles. The van der Waals surface area contributed by atoms with E-state index in [1.807, 2.05) is 26.0 Å². The maximum atomic E-state index is 13.3. The summed E-state index contributed by atoms with van der Waals surface area (Å²) in [6, 6.07) is 10.3. The van der Waals surface area contributed by atoms with Crippen LogP contribution >= 0.6 is 0 Å². The zero-order valence-electron chi connectivity index (χ0n) is 15.5. The van der Waals surface area contributed by atoms with Crippen molar-refractivity contribution >= 4 is 11.6 Å². The van der Waals surface area contributed by atoms with Crippen molar-refractivity contribution in [3.05, 3.63) is 65.2 Å². The van der Waals surface area contributed by atoms with Crippen molar-refractivity contribution in [3.63, 3.8) is 0 Å². The summed E-state index contributed by atoms with van der Waals surface area (Å²) in [4.78, 5) is 14.6. The molecule has 0 aromatic heterocycles. The zero-order valence-corrected chi connectivity index (χ0v) is 15.5. The maximum Gasteiger partial charge on any atom is 0.255 e. The number of hydrogen-bond donors (Lipinski definition) is 1. The monoisotopic (exact) mass is 367 g/mol. The van der Waals surface area contributed by atoms with Crippen molar-refractivity contribution in [2.45, 2.75) is 32.2 Å². The Morgan fingerprint density at radius 3 is 2.41 bits per heavy atom. The summed E-state index contributed by atoms with van der Waals surface area (Å²) >= 11 is 0. The predicted molar refractivity (Wildman–Crippen MR) is 102 cm³/mol. The molecule has 1 amide bonds. The van der Waals surface area contributed by atoms with Crippen LogP contribution in [0.25, 0.3) is 11.1 Å². The van der Waals surface area contributed by atoms with Crippen molar-refractivity contribution in [1.82, 2.24) is 0 Å². The van der Waals surface area contributed by atoms with E-state index in [0.717, 1.165) is 27.9 Å². The first kappa shape index (κ1) is 17.7. The number of rotatable bonds is 2. The highest BCUT2D eigenvalue weighted by atomic mass is 19.1. The minimum absolute atomic E-state index is 0.113. The number of anilines is 1. The first-order valence-electron chi connectivity index (χ1n) is 9.13. The molecule has 27 heavy (non-hydrogen) atoms. The van der Waals surface area contributed by atoms with Gasteiger partial charge in [0.2, 0.25) is 0 Å². The van der Waals surface area contributed by atoms with Crippen LogP contribution in [0.2, 0.25) is 0 Å². The van der Waals surface area contributed by atoms with Crippen molar-refractivity contribution < 1.29 is 19.0 Å². The summed E-state index contributed by atoms with van der Waals surface area (Å²) < 4.78 is 18.8. The fraction of sp³-hybridized carbons (Fsp3) is 0.318. The molecule has 140 valence electrons. The van der Waals surface area contributed by atoms with Gasteiger partial charge in [-0.25, -0.2) is 4.39 Å². The molecule has 0 atom stereocenters. The van der Waals surface area contributed by atoms with Crippen LogP contribution in [0, 0.1) is 19.7 Å². The van der Waals surface area contributed by atoms with Gasteiger partial charge in [0, 0.05) is 32.1 Å². The van der Waals surface area contributed by atoms with E-state index in [-0.39, 0.29) is 17.5 Å². The number of carbonyl (C=O) groups excluding carboxylic acids is 1. The van der Waals surface area contributed by atoms with Crippen LogP contribution in [0.1, 0.15) is 24.0 Å². The summed E-state index contributed by atoms with van der Waals surface area (Å²) in [6.45, 7) is 4.93. The average molecular weight is 367 g/mol. The maximum absolute atomic E-state index is 13.3. The number of aliphatic hydroxyl groups excluding tert-OH is 1. The molecular weight excluding hydrogens is 345 g/mol. The van der Waals surface area contributed by atoms with E-state index in [2.05, 4.69) is 0 Å². The van der Waals surface area contributed by atoms with E-state index >= 15 is 0 Å². The van der Waals surface area contributed by atoms with Gasteiger partial charge in [0.15, 0.2) is 0 Å². The molecule has 0 aliphatic carbocycles. The van der Waals surface area contributed by atoms with Crippen LogP contribution in [0.4, 0.5) is 10.1 Å². The van der Waals surface area contributed by atoms with Gasteiger partial charge in [-0.1, -0.05) is 24.3 Å². The van der Waals surface area contributed by atoms with Crippen LogP contribution < -0.4 is 4.90 Å². The van der Waals surface area contributed by atoms with E-state index in [1.165, 1.54) is 18.2 Å². The number of halogens is 1. The van der Waals surface area contributed by atoms with Crippen molar-refractivity contribution in [2.24, 2.45) is 0 Å². The topological polar surface area (TPSA) is 49.8 Å². The quantitative estimate of drug-likeness (QED) is 0.853. The number of aryl methyl sites for hydroxylation is 1. The number of benzene rings is 2. The van der Waals surface area contributed by atoms with Gasteiger partial charge in [0.1, 0.15) is 17.1 Å². The molecule has 1 saturated heterocycles. The number of nitrogens with zero attached hydrogens (tertiary/aromatic N) is 1. The first-order chi connectivity index (χ1) is 12.9. The highest BCUT2D eigenvalue weighted by Crippen LogP contribution is 2.45. The van der Waals surface area contributed by atoms with Gasteiger partial charge in [-0.15, -0.1) is 0 Å². The lowest BCUT2D eigenvalue weighted by atomic mass is 9.86. The molecule has 4 rings (SSSR count). The average Bonchev–Trinajstić information content (AvgIpc) is 2.88. The lowest BCUT2D eigenvalue weighted by Gasteiger charge is -2.42. The molecule has 1 N–H and O–H groups in total. The van der Waals surface area contributed by atoms with Crippen LogP contribution in [0.5, 0.6) is 0 Å². The standard InChI is InChI=1S/C22H22FNO3/c1-14-3-8-18(16-4-6-17(23)7-5-16)15(2)21(14)24-20(26)13-19(25)22(24)9-11-27-12-10-22/h3-8,13,25H,9-12H2,1-2H3. The summed E-state index contributed by atoms with van der Waals surface area (Å²) in [6.07, 6.45) is 2.44. The Bertz CT molecular complexity index is 927. The molecule has 0 saturated carbocycles. The third-order valence-electron chi connectivity index (χ3n) is 5.72. The molecule has 0 unspecified atom stereocenters. The van der Waals surface area contributed by atoms with Gasteiger partial charge in [0.25, 0.3) is 5.91 Å². The van der Waals surface area contributed by atoms with Crippen LogP contribution in [0.15, 0.2) is 48.2 Å². The number of carbonyl (C=O) groups is 1. The fourth-order valence-electron chi connectivity index (χ4n) is 4.28.